The summed E-state index contributed by atoms with van der Waals surface area (Å²) in [5.74, 6) is -1.27. The van der Waals surface area contributed by atoms with E-state index in [2.05, 4.69) is 0 Å². The number of hydrogen-bond acceptors (Lipinski definition) is 11. The van der Waals surface area contributed by atoms with Gasteiger partial charge in [-0.3, -0.25) is 45.3 Å². The molecule has 0 spiro atoms. The van der Waals surface area contributed by atoms with Gasteiger partial charge in [-0.05, 0) is 29.8 Å². The number of phenols is 1. The third kappa shape index (κ3) is 4.90. The lowest BCUT2D eigenvalue weighted by Crippen LogP contribution is -2.61. The summed E-state index contributed by atoms with van der Waals surface area (Å²) >= 11 is 5.94. The van der Waals surface area contributed by atoms with E-state index >= 15 is 0 Å². The molecule has 0 saturated heterocycles. The number of aromatic hydroxyl groups is 1. The smallest absolute Gasteiger partial charge is 0.492 e. The van der Waals surface area contributed by atoms with Crippen LogP contribution in [0, 0.1) is 40.5 Å². The van der Waals surface area contributed by atoms with Crippen molar-refractivity contribution in [3.8, 4) is 11.5 Å². The van der Waals surface area contributed by atoms with Crippen molar-refractivity contribution < 1.29 is 34.3 Å². The largest absolute Gasteiger partial charge is 0.504 e. The summed E-state index contributed by atoms with van der Waals surface area (Å²) < 4.78 is 4.78. The Morgan fingerprint density at radius 1 is 1.00 bits per heavy atom. The number of halogens is 1. The fraction of sp³-hybridized carbons (Fsp3) is 0.250. The van der Waals surface area contributed by atoms with Crippen molar-refractivity contribution in [2.24, 2.45) is 0 Å². The number of nitrogens with zero attached hydrogens (tertiary/aromatic N) is 4. The van der Waals surface area contributed by atoms with Gasteiger partial charge >= 0.3 is 11.3 Å². The minimum atomic E-state index is -3.22. The van der Waals surface area contributed by atoms with Gasteiger partial charge in [-0.25, -0.2) is 0 Å². The highest BCUT2D eigenvalue weighted by atomic mass is 35.5. The average molecular weight is 525 g/mol. The molecule has 15 nitrogen and oxygen atoms in total. The number of benzene rings is 2. The summed E-state index contributed by atoms with van der Waals surface area (Å²) in [7, 11) is 1.43. The van der Waals surface area contributed by atoms with Crippen LogP contribution in [0.2, 0.25) is 5.02 Å². The van der Waals surface area contributed by atoms with Crippen LogP contribution < -0.4 is 4.74 Å². The van der Waals surface area contributed by atoms with Crippen molar-refractivity contribution in [1.29, 1.82) is 0 Å². The van der Waals surface area contributed by atoms with Crippen molar-refractivity contribution in [1.82, 2.24) is 0 Å². The van der Waals surface area contributed by atoms with E-state index in [0.29, 0.717) is 23.7 Å². The van der Waals surface area contributed by atoms with Gasteiger partial charge in [0, 0.05) is 10.6 Å². The van der Waals surface area contributed by atoms with Crippen LogP contribution in [0.4, 0.5) is 0 Å². The fourth-order valence-corrected chi connectivity index (χ4v) is 3.80. The third-order valence-electron chi connectivity index (χ3n) is 5.42. The van der Waals surface area contributed by atoms with Crippen molar-refractivity contribution >= 4 is 17.9 Å². The summed E-state index contributed by atoms with van der Waals surface area (Å²) in [4.78, 5) is 50.4. The van der Waals surface area contributed by atoms with Gasteiger partial charge < -0.3 is 9.84 Å². The molecule has 1 aliphatic rings. The first-order valence-electron chi connectivity index (χ1n) is 9.71. The molecule has 1 aliphatic carbocycles. The first-order valence-corrected chi connectivity index (χ1v) is 10.1. The summed E-state index contributed by atoms with van der Waals surface area (Å²) in [6.07, 6.45) is 0.405. The highest BCUT2D eigenvalue weighted by Crippen LogP contribution is 2.46. The number of methoxy groups -OCH3 is 1. The Kier molecular flexibility index (Phi) is 8.22. The van der Waals surface area contributed by atoms with E-state index in [9.17, 15) is 45.3 Å². The number of aldehydes is 1. The van der Waals surface area contributed by atoms with E-state index in [4.69, 9.17) is 21.4 Å². The summed E-state index contributed by atoms with van der Waals surface area (Å²) in [6.45, 7) is 0. The molecule has 1 unspecified atom stereocenters. The van der Waals surface area contributed by atoms with Crippen LogP contribution in [-0.4, -0.2) is 49.5 Å². The molecule has 0 radical (unpaired) electrons. The quantitative estimate of drug-likeness (QED) is 0.182. The molecule has 2 aromatic rings. The number of phenolic OH excluding ortho intramolecular Hbond substituents is 1. The molecule has 0 aromatic heterocycles. The summed E-state index contributed by atoms with van der Waals surface area (Å²) in [5, 5.41) is 54.6. The average Bonchev–Trinajstić information content (AvgIpc) is 2.84. The first kappa shape index (κ1) is 27.6. The molecule has 0 fully saturated rings. The molecule has 1 atom stereocenters. The second-order valence-corrected chi connectivity index (χ2v) is 7.78. The third-order valence-corrected chi connectivity index (χ3v) is 5.76. The molecule has 0 saturated carbocycles. The number of hydrogen-bond donors (Lipinski definition) is 1. The predicted molar refractivity (Wildman–Crippen MR) is 121 cm³/mol. The molecule has 1 N–H and O–H groups in total. The van der Waals surface area contributed by atoms with Gasteiger partial charge in [0.1, 0.15) is 31.9 Å². The molecular formula is C20H17ClN4O11. The number of ether oxygens (including phenoxy) is 1. The maximum Gasteiger partial charge on any atom is 0.492 e. The minimum absolute atomic E-state index is 0.0332. The van der Waals surface area contributed by atoms with Crippen LogP contribution in [0.1, 0.15) is 28.3 Å². The SMILES string of the molecule is COc1cc(C=O)ccc1O.O=[N+]([O-])C1([N+](=O)[O-])C=CC(c2ccccc2Cl)C([N+](=O)[O-])([N+](=O)[O-])C1. The Labute approximate surface area is 206 Å². The molecular weight excluding hydrogens is 508 g/mol. The minimum Gasteiger partial charge on any atom is -0.504 e. The van der Waals surface area contributed by atoms with Gasteiger partial charge in [0.25, 0.3) is 0 Å². The lowest BCUT2D eigenvalue weighted by atomic mass is 9.75. The van der Waals surface area contributed by atoms with E-state index in [1.807, 2.05) is 0 Å². The van der Waals surface area contributed by atoms with Crippen LogP contribution in [0.3, 0.4) is 0 Å². The van der Waals surface area contributed by atoms with Crippen molar-refractivity contribution in [2.45, 2.75) is 23.7 Å². The topological polar surface area (TPSA) is 219 Å². The first-order chi connectivity index (χ1) is 16.9. The second-order valence-electron chi connectivity index (χ2n) is 7.37. The zero-order chi connectivity index (χ0) is 27.3. The van der Waals surface area contributed by atoms with E-state index in [1.165, 1.54) is 49.6 Å². The van der Waals surface area contributed by atoms with E-state index in [0.717, 1.165) is 6.08 Å². The second kappa shape index (κ2) is 10.7. The van der Waals surface area contributed by atoms with Crippen LogP contribution in [0.15, 0.2) is 54.6 Å². The van der Waals surface area contributed by atoms with E-state index < -0.39 is 43.4 Å². The van der Waals surface area contributed by atoms with Gasteiger partial charge in [0.2, 0.25) is 6.42 Å². The summed E-state index contributed by atoms with van der Waals surface area (Å²) in [5.41, 5.74) is -5.95. The molecule has 3 rings (SSSR count). The zero-order valence-electron chi connectivity index (χ0n) is 18.3. The summed E-state index contributed by atoms with van der Waals surface area (Å²) in [6, 6.07) is 9.93. The molecule has 0 amide bonds. The van der Waals surface area contributed by atoms with Crippen LogP contribution in [-0.2, 0) is 0 Å². The molecule has 2 aromatic carbocycles. The molecule has 0 bridgehead atoms. The predicted octanol–water partition coefficient (Wildman–Crippen LogP) is 3.10. The molecule has 0 heterocycles. The number of rotatable bonds is 7. The van der Waals surface area contributed by atoms with Crippen LogP contribution >= 0.6 is 11.6 Å². The van der Waals surface area contributed by atoms with Gasteiger partial charge in [0.05, 0.1) is 13.2 Å². The van der Waals surface area contributed by atoms with E-state index in [-0.39, 0.29) is 16.3 Å². The maximum absolute atomic E-state index is 11.6. The lowest BCUT2D eigenvalue weighted by Gasteiger charge is -2.29. The van der Waals surface area contributed by atoms with Gasteiger partial charge in [-0.15, -0.1) is 0 Å². The number of carbonyl (C=O) groups excluding carboxylic acids is 1. The Morgan fingerprint density at radius 3 is 2.06 bits per heavy atom. The Balaban J connectivity index is 0.000000346. The molecule has 16 heteroatoms. The van der Waals surface area contributed by atoms with Gasteiger partial charge in [0.15, 0.2) is 11.5 Å². The van der Waals surface area contributed by atoms with Gasteiger partial charge in [-0.1, -0.05) is 35.9 Å². The zero-order valence-corrected chi connectivity index (χ0v) is 19.0. The molecule has 190 valence electrons. The Hall–Kier alpha value is -4.66. The maximum atomic E-state index is 11.6. The lowest BCUT2D eigenvalue weighted by molar-refractivity contribution is -0.843. The number of nitro groups is 4. The fourth-order valence-electron chi connectivity index (χ4n) is 3.54. The standard InChI is InChI=1S/C12H9ClN4O8.C8H8O3/c13-10-4-2-1-3-8(10)9-5-6-11(14(18)19,15(20)21)7-12(9,16(22)23)17(24)25;1-11-8-4-6(5-9)2-3-7(8)10/h1-6,9H,7H2;2-5,10H,1H3. The highest BCUT2D eigenvalue weighted by molar-refractivity contribution is 6.31. The highest BCUT2D eigenvalue weighted by Gasteiger charge is 2.77. The molecule has 36 heavy (non-hydrogen) atoms. The van der Waals surface area contributed by atoms with Gasteiger partial charge in [-0.2, -0.15) is 0 Å². The number of carbonyl (C=O) groups is 1. The molecule has 0 aliphatic heterocycles. The Morgan fingerprint density at radius 2 is 1.58 bits per heavy atom. The van der Waals surface area contributed by atoms with Crippen molar-refractivity contribution in [3.63, 3.8) is 0 Å². The Bertz CT molecular complexity index is 1220. The normalized spacial score (nSPS) is 17.1. The van der Waals surface area contributed by atoms with Crippen LogP contribution in [0.5, 0.6) is 11.5 Å². The van der Waals surface area contributed by atoms with Crippen molar-refractivity contribution in [2.75, 3.05) is 7.11 Å². The van der Waals surface area contributed by atoms with Crippen LogP contribution in [0.25, 0.3) is 0 Å². The van der Waals surface area contributed by atoms with E-state index in [1.54, 1.807) is 0 Å². The van der Waals surface area contributed by atoms with Crippen molar-refractivity contribution in [3.05, 3.63) is 111 Å². The monoisotopic (exact) mass is 524 g/mol.